The summed E-state index contributed by atoms with van der Waals surface area (Å²) in [6.07, 6.45) is 3.20. The van der Waals surface area contributed by atoms with E-state index in [9.17, 15) is 9.18 Å². The molecule has 1 aromatic heterocycles. The first kappa shape index (κ1) is 9.93. The predicted octanol–water partition coefficient (Wildman–Crippen LogP) is 3.04. The summed E-state index contributed by atoms with van der Waals surface area (Å²) in [5.74, 6) is -0.815. The van der Waals surface area contributed by atoms with Gasteiger partial charge in [-0.15, -0.1) is 0 Å². The van der Waals surface area contributed by atoms with Crippen LogP contribution in [0, 0.1) is 5.82 Å². The van der Waals surface area contributed by atoms with Crippen LogP contribution in [0.15, 0.2) is 36.7 Å². The van der Waals surface area contributed by atoms with E-state index in [2.05, 4.69) is 4.98 Å². The summed E-state index contributed by atoms with van der Waals surface area (Å²) >= 11 is 5.52. The highest BCUT2D eigenvalue weighted by atomic mass is 35.5. The van der Waals surface area contributed by atoms with Crippen LogP contribution in [0.1, 0.15) is 15.9 Å². The summed E-state index contributed by atoms with van der Waals surface area (Å²) in [6.45, 7) is 0. The molecule has 0 aliphatic rings. The fourth-order valence-corrected chi connectivity index (χ4v) is 1.39. The van der Waals surface area contributed by atoms with E-state index < -0.39 is 5.82 Å². The van der Waals surface area contributed by atoms with Crippen molar-refractivity contribution >= 4 is 17.4 Å². The molecule has 1 N–H and O–H groups in total. The van der Waals surface area contributed by atoms with Gasteiger partial charge in [-0.2, -0.15) is 0 Å². The zero-order valence-electron chi connectivity index (χ0n) is 7.63. The molecule has 2 aromatic rings. The molecule has 15 heavy (non-hydrogen) atoms. The van der Waals surface area contributed by atoms with E-state index >= 15 is 0 Å². The van der Waals surface area contributed by atoms with E-state index in [0.29, 0.717) is 5.56 Å². The zero-order chi connectivity index (χ0) is 10.8. The van der Waals surface area contributed by atoms with Crippen LogP contribution in [-0.4, -0.2) is 10.8 Å². The molecule has 0 spiro atoms. The highest BCUT2D eigenvalue weighted by molar-refractivity contribution is 6.30. The van der Waals surface area contributed by atoms with Crippen molar-refractivity contribution in [3.8, 4) is 0 Å². The Morgan fingerprint density at radius 2 is 2.07 bits per heavy atom. The minimum atomic E-state index is -0.585. The number of hydrogen-bond donors (Lipinski definition) is 1. The SMILES string of the molecule is O=C(c1cc[nH]c1)c1ccc(Cl)c(F)c1. The lowest BCUT2D eigenvalue weighted by molar-refractivity contribution is 0.103. The van der Waals surface area contributed by atoms with Crippen LogP contribution in [0.3, 0.4) is 0 Å². The van der Waals surface area contributed by atoms with Gasteiger partial charge in [0.2, 0.25) is 0 Å². The molecule has 76 valence electrons. The van der Waals surface area contributed by atoms with Gasteiger partial charge in [-0.25, -0.2) is 4.39 Å². The molecule has 0 unspecified atom stereocenters. The Hall–Kier alpha value is -1.61. The van der Waals surface area contributed by atoms with Crippen LogP contribution in [0.2, 0.25) is 5.02 Å². The van der Waals surface area contributed by atoms with Gasteiger partial charge in [0.05, 0.1) is 5.02 Å². The summed E-state index contributed by atoms with van der Waals surface area (Å²) in [4.78, 5) is 14.5. The largest absolute Gasteiger partial charge is 0.367 e. The number of hydrogen-bond acceptors (Lipinski definition) is 1. The van der Waals surface area contributed by atoms with Gasteiger partial charge in [0.1, 0.15) is 5.82 Å². The molecule has 1 aromatic carbocycles. The molecule has 0 atom stereocenters. The van der Waals surface area contributed by atoms with Gasteiger partial charge in [0.25, 0.3) is 0 Å². The average Bonchev–Trinajstić information content (AvgIpc) is 2.74. The second kappa shape index (κ2) is 3.87. The molecule has 0 saturated heterocycles. The fourth-order valence-electron chi connectivity index (χ4n) is 1.27. The molecular formula is C11H7ClFNO. The third kappa shape index (κ3) is 1.92. The number of ketones is 1. The van der Waals surface area contributed by atoms with Crippen molar-refractivity contribution in [1.29, 1.82) is 0 Å². The number of halogens is 2. The third-order valence-electron chi connectivity index (χ3n) is 2.04. The second-order valence-corrected chi connectivity index (χ2v) is 3.46. The lowest BCUT2D eigenvalue weighted by Gasteiger charge is -1.99. The zero-order valence-corrected chi connectivity index (χ0v) is 8.38. The topological polar surface area (TPSA) is 32.9 Å². The van der Waals surface area contributed by atoms with Crippen molar-refractivity contribution < 1.29 is 9.18 Å². The number of carbonyl (C=O) groups is 1. The predicted molar refractivity (Wildman–Crippen MR) is 55.6 cm³/mol. The van der Waals surface area contributed by atoms with Gasteiger partial charge >= 0.3 is 0 Å². The quantitative estimate of drug-likeness (QED) is 0.780. The van der Waals surface area contributed by atoms with Gasteiger partial charge in [0.15, 0.2) is 5.78 Å². The molecular weight excluding hydrogens is 217 g/mol. The number of rotatable bonds is 2. The van der Waals surface area contributed by atoms with Crippen LogP contribution in [-0.2, 0) is 0 Å². The number of nitrogens with one attached hydrogen (secondary N) is 1. The molecule has 0 saturated carbocycles. The summed E-state index contributed by atoms with van der Waals surface area (Å²) in [6, 6.07) is 5.64. The third-order valence-corrected chi connectivity index (χ3v) is 2.35. The Bertz CT molecular complexity index is 493. The van der Waals surface area contributed by atoms with Crippen molar-refractivity contribution in [2.75, 3.05) is 0 Å². The molecule has 2 rings (SSSR count). The Balaban J connectivity index is 2.39. The standard InChI is InChI=1S/C11H7ClFNO/c12-9-2-1-7(5-10(9)13)11(15)8-3-4-14-6-8/h1-6,14H. The normalized spacial score (nSPS) is 10.3. The molecule has 0 bridgehead atoms. The van der Waals surface area contributed by atoms with Crippen LogP contribution < -0.4 is 0 Å². The number of aromatic amines is 1. The van der Waals surface area contributed by atoms with Gasteiger partial charge in [-0.1, -0.05) is 11.6 Å². The van der Waals surface area contributed by atoms with E-state index in [0.717, 1.165) is 6.07 Å². The van der Waals surface area contributed by atoms with Crippen molar-refractivity contribution in [2.24, 2.45) is 0 Å². The van der Waals surface area contributed by atoms with E-state index in [-0.39, 0.29) is 16.4 Å². The van der Waals surface area contributed by atoms with Crippen LogP contribution >= 0.6 is 11.6 Å². The van der Waals surface area contributed by atoms with Gasteiger partial charge in [-0.05, 0) is 24.3 Å². The smallest absolute Gasteiger partial charge is 0.194 e. The maximum absolute atomic E-state index is 13.1. The van der Waals surface area contributed by atoms with Crippen molar-refractivity contribution in [3.05, 3.63) is 58.6 Å². The van der Waals surface area contributed by atoms with Crippen LogP contribution in [0.25, 0.3) is 0 Å². The van der Waals surface area contributed by atoms with Crippen molar-refractivity contribution in [2.45, 2.75) is 0 Å². The summed E-state index contributed by atoms with van der Waals surface area (Å²) < 4.78 is 13.1. The van der Waals surface area contributed by atoms with Crippen LogP contribution in [0.4, 0.5) is 4.39 Å². The minimum Gasteiger partial charge on any atom is -0.367 e. The summed E-state index contributed by atoms with van der Waals surface area (Å²) in [5, 5.41) is 0.0145. The Morgan fingerprint density at radius 3 is 2.67 bits per heavy atom. The molecule has 0 fully saturated rings. The van der Waals surface area contributed by atoms with E-state index in [1.165, 1.54) is 12.1 Å². The van der Waals surface area contributed by atoms with Crippen molar-refractivity contribution in [1.82, 2.24) is 4.98 Å². The van der Waals surface area contributed by atoms with E-state index in [1.807, 2.05) is 0 Å². The lowest BCUT2D eigenvalue weighted by atomic mass is 10.1. The first-order chi connectivity index (χ1) is 7.18. The highest BCUT2D eigenvalue weighted by Crippen LogP contribution is 2.17. The first-order valence-electron chi connectivity index (χ1n) is 4.31. The maximum atomic E-state index is 13.1. The highest BCUT2D eigenvalue weighted by Gasteiger charge is 2.11. The number of carbonyl (C=O) groups excluding carboxylic acids is 1. The number of aromatic nitrogens is 1. The molecule has 0 aliphatic heterocycles. The van der Waals surface area contributed by atoms with E-state index in [1.54, 1.807) is 18.5 Å². The maximum Gasteiger partial charge on any atom is 0.194 e. The summed E-state index contributed by atoms with van der Waals surface area (Å²) in [5.41, 5.74) is 0.785. The van der Waals surface area contributed by atoms with E-state index in [4.69, 9.17) is 11.6 Å². The Morgan fingerprint density at radius 1 is 1.27 bits per heavy atom. The molecule has 0 radical (unpaired) electrons. The Kier molecular flexibility index (Phi) is 2.56. The van der Waals surface area contributed by atoms with Gasteiger partial charge in [-0.3, -0.25) is 4.79 Å². The van der Waals surface area contributed by atoms with Gasteiger partial charge < -0.3 is 4.98 Å². The molecule has 2 nitrogen and oxygen atoms in total. The molecule has 1 heterocycles. The molecule has 0 amide bonds. The minimum absolute atomic E-state index is 0.0145. The fraction of sp³-hybridized carbons (Fsp3) is 0. The van der Waals surface area contributed by atoms with Crippen molar-refractivity contribution in [3.63, 3.8) is 0 Å². The number of benzene rings is 1. The average molecular weight is 224 g/mol. The molecule has 4 heteroatoms. The second-order valence-electron chi connectivity index (χ2n) is 3.06. The first-order valence-corrected chi connectivity index (χ1v) is 4.69. The monoisotopic (exact) mass is 223 g/mol. The number of H-pyrrole nitrogens is 1. The Labute approximate surface area is 90.7 Å². The van der Waals surface area contributed by atoms with Gasteiger partial charge in [0, 0.05) is 23.5 Å². The molecule has 0 aliphatic carbocycles. The van der Waals surface area contributed by atoms with Crippen LogP contribution in [0.5, 0.6) is 0 Å². The summed E-state index contributed by atoms with van der Waals surface area (Å²) in [7, 11) is 0. The lowest BCUT2D eigenvalue weighted by Crippen LogP contribution is -2.00.